The van der Waals surface area contributed by atoms with Gasteiger partial charge in [-0.15, -0.1) is 11.3 Å². The van der Waals surface area contributed by atoms with Crippen molar-refractivity contribution in [2.75, 3.05) is 5.73 Å². The van der Waals surface area contributed by atoms with Crippen molar-refractivity contribution in [1.82, 2.24) is 9.78 Å². The Bertz CT molecular complexity index is 513. The smallest absolute Gasteiger partial charge is 0.141 e. The van der Waals surface area contributed by atoms with Crippen LogP contribution in [0.4, 0.5) is 5.82 Å². The van der Waals surface area contributed by atoms with Gasteiger partial charge < -0.3 is 5.73 Å². The van der Waals surface area contributed by atoms with E-state index in [4.69, 9.17) is 17.3 Å². The van der Waals surface area contributed by atoms with Crippen LogP contribution in [-0.2, 0) is 6.54 Å². The highest BCUT2D eigenvalue weighted by Crippen LogP contribution is 2.29. The summed E-state index contributed by atoms with van der Waals surface area (Å²) < 4.78 is 2.86. The summed E-state index contributed by atoms with van der Waals surface area (Å²) in [5, 5.41) is 4.84. The second kappa shape index (κ2) is 4.39. The first-order chi connectivity index (χ1) is 7.49. The number of hydrogen-bond donors (Lipinski definition) is 1. The minimum atomic E-state index is 0.529. The molecular formula is C10H11BrClN3S. The number of hydrogen-bond acceptors (Lipinski definition) is 3. The third kappa shape index (κ3) is 2.12. The molecule has 0 amide bonds. The van der Waals surface area contributed by atoms with E-state index < -0.39 is 0 Å². The zero-order valence-corrected chi connectivity index (χ0v) is 12.1. The number of nitrogen functional groups attached to an aromatic ring is 1. The van der Waals surface area contributed by atoms with E-state index in [2.05, 4.69) is 34.0 Å². The van der Waals surface area contributed by atoms with Gasteiger partial charge in [-0.3, -0.25) is 0 Å². The summed E-state index contributed by atoms with van der Waals surface area (Å²) >= 11 is 11.2. The van der Waals surface area contributed by atoms with E-state index in [-0.39, 0.29) is 0 Å². The van der Waals surface area contributed by atoms with E-state index in [1.807, 2.05) is 6.92 Å². The molecule has 0 aromatic carbocycles. The van der Waals surface area contributed by atoms with Gasteiger partial charge in [0.05, 0.1) is 12.2 Å². The molecule has 0 fully saturated rings. The summed E-state index contributed by atoms with van der Waals surface area (Å²) in [5.41, 5.74) is 6.63. The van der Waals surface area contributed by atoms with E-state index in [0.717, 1.165) is 10.2 Å². The van der Waals surface area contributed by atoms with Gasteiger partial charge in [-0.1, -0.05) is 11.6 Å². The van der Waals surface area contributed by atoms with E-state index in [1.165, 1.54) is 9.75 Å². The molecule has 0 aliphatic rings. The molecule has 0 saturated heterocycles. The number of aryl methyl sites for hydroxylation is 2. The molecule has 0 atom stereocenters. The fourth-order valence-corrected chi connectivity index (χ4v) is 3.16. The molecule has 0 bridgehead atoms. The number of nitrogens with zero attached hydrogens (tertiary/aromatic N) is 2. The fourth-order valence-electron chi connectivity index (χ4n) is 1.44. The van der Waals surface area contributed by atoms with Crippen LogP contribution in [0.25, 0.3) is 0 Å². The third-order valence-electron chi connectivity index (χ3n) is 2.31. The van der Waals surface area contributed by atoms with Crippen molar-refractivity contribution in [2.45, 2.75) is 20.4 Å². The summed E-state index contributed by atoms with van der Waals surface area (Å²) in [7, 11) is 0. The molecule has 0 saturated carbocycles. The highest BCUT2D eigenvalue weighted by atomic mass is 79.9. The molecule has 2 aromatic heterocycles. The quantitative estimate of drug-likeness (QED) is 0.918. The molecule has 0 unspecified atom stereocenters. The Morgan fingerprint density at radius 1 is 1.56 bits per heavy atom. The average Bonchev–Trinajstić information content (AvgIpc) is 2.64. The van der Waals surface area contributed by atoms with Gasteiger partial charge in [0.25, 0.3) is 0 Å². The Balaban J connectivity index is 2.30. The SMILES string of the molecule is Cc1nn(Cc2cc(Br)c(C)s2)c(N)c1Cl. The Hall–Kier alpha value is -0.520. The van der Waals surface area contributed by atoms with Crippen molar-refractivity contribution in [2.24, 2.45) is 0 Å². The Labute approximate surface area is 111 Å². The molecule has 2 aromatic rings. The minimum absolute atomic E-state index is 0.529. The van der Waals surface area contributed by atoms with Crippen LogP contribution < -0.4 is 5.73 Å². The van der Waals surface area contributed by atoms with Crippen molar-refractivity contribution in [1.29, 1.82) is 0 Å². The maximum absolute atomic E-state index is 5.99. The highest BCUT2D eigenvalue weighted by Gasteiger charge is 2.11. The summed E-state index contributed by atoms with van der Waals surface area (Å²) in [6.07, 6.45) is 0. The largest absolute Gasteiger partial charge is 0.383 e. The Morgan fingerprint density at radius 2 is 2.25 bits per heavy atom. The number of halogens is 2. The van der Waals surface area contributed by atoms with Crippen LogP contribution in [0.3, 0.4) is 0 Å². The van der Waals surface area contributed by atoms with Gasteiger partial charge in [-0.2, -0.15) is 5.10 Å². The van der Waals surface area contributed by atoms with Gasteiger partial charge >= 0.3 is 0 Å². The van der Waals surface area contributed by atoms with Crippen LogP contribution in [0.1, 0.15) is 15.4 Å². The van der Waals surface area contributed by atoms with Gasteiger partial charge in [0.1, 0.15) is 10.8 Å². The first-order valence-corrected chi connectivity index (χ1v) is 6.71. The Morgan fingerprint density at radius 3 is 2.69 bits per heavy atom. The number of nitrogens with two attached hydrogens (primary N) is 1. The normalized spacial score (nSPS) is 11.0. The van der Waals surface area contributed by atoms with Crippen molar-refractivity contribution in [3.05, 3.63) is 31.0 Å². The lowest BCUT2D eigenvalue weighted by Crippen LogP contribution is -2.04. The molecule has 2 N–H and O–H groups in total. The van der Waals surface area contributed by atoms with E-state index >= 15 is 0 Å². The van der Waals surface area contributed by atoms with E-state index in [9.17, 15) is 0 Å². The van der Waals surface area contributed by atoms with Crippen molar-refractivity contribution in [3.8, 4) is 0 Å². The first kappa shape index (κ1) is 12.0. The number of anilines is 1. The molecule has 3 nitrogen and oxygen atoms in total. The molecule has 2 heterocycles. The maximum atomic E-state index is 5.99. The minimum Gasteiger partial charge on any atom is -0.383 e. The molecule has 0 aliphatic heterocycles. The molecule has 86 valence electrons. The molecule has 0 radical (unpaired) electrons. The van der Waals surface area contributed by atoms with Crippen molar-refractivity contribution < 1.29 is 0 Å². The first-order valence-electron chi connectivity index (χ1n) is 4.72. The predicted octanol–water partition coefficient (Wildman–Crippen LogP) is 3.61. The van der Waals surface area contributed by atoms with E-state index in [0.29, 0.717) is 17.4 Å². The second-order valence-corrected chi connectivity index (χ2v) is 6.13. The zero-order chi connectivity index (χ0) is 11.9. The number of aromatic nitrogens is 2. The number of thiophene rings is 1. The van der Waals surface area contributed by atoms with Gasteiger partial charge in [-0.25, -0.2) is 4.68 Å². The highest BCUT2D eigenvalue weighted by molar-refractivity contribution is 9.10. The molecule has 16 heavy (non-hydrogen) atoms. The van der Waals surface area contributed by atoms with Gasteiger partial charge in [-0.05, 0) is 35.8 Å². The van der Waals surface area contributed by atoms with Crippen LogP contribution in [0.5, 0.6) is 0 Å². The maximum Gasteiger partial charge on any atom is 0.141 e. The summed E-state index contributed by atoms with van der Waals surface area (Å²) in [6.45, 7) is 4.59. The molecule has 6 heteroatoms. The topological polar surface area (TPSA) is 43.8 Å². The standard InChI is InChI=1S/C10H11BrClN3S/c1-5-9(12)10(13)15(14-5)4-7-3-8(11)6(2)16-7/h3H,4,13H2,1-2H3. The average molecular weight is 321 g/mol. The lowest BCUT2D eigenvalue weighted by atomic mass is 10.4. The molecule has 2 rings (SSSR count). The lowest BCUT2D eigenvalue weighted by molar-refractivity contribution is 0.697. The van der Waals surface area contributed by atoms with Crippen LogP contribution in [-0.4, -0.2) is 9.78 Å². The van der Waals surface area contributed by atoms with Gasteiger partial charge in [0, 0.05) is 14.2 Å². The molecule has 0 aliphatic carbocycles. The van der Waals surface area contributed by atoms with E-state index in [1.54, 1.807) is 16.0 Å². The van der Waals surface area contributed by atoms with Crippen LogP contribution >= 0.6 is 38.9 Å². The molecule has 0 spiro atoms. The van der Waals surface area contributed by atoms with Crippen LogP contribution in [0, 0.1) is 13.8 Å². The summed E-state index contributed by atoms with van der Waals surface area (Å²) in [4.78, 5) is 2.46. The second-order valence-electron chi connectivity index (χ2n) is 3.56. The predicted molar refractivity (Wildman–Crippen MR) is 72.2 cm³/mol. The van der Waals surface area contributed by atoms with Crippen LogP contribution in [0.2, 0.25) is 5.02 Å². The lowest BCUT2D eigenvalue weighted by Gasteiger charge is -2.00. The van der Waals surface area contributed by atoms with Gasteiger partial charge in [0.2, 0.25) is 0 Å². The summed E-state index contributed by atoms with van der Waals surface area (Å²) in [5.74, 6) is 0.529. The van der Waals surface area contributed by atoms with Crippen LogP contribution in [0.15, 0.2) is 10.5 Å². The zero-order valence-electron chi connectivity index (χ0n) is 8.92. The van der Waals surface area contributed by atoms with Gasteiger partial charge in [0.15, 0.2) is 0 Å². The monoisotopic (exact) mass is 319 g/mol. The third-order valence-corrected chi connectivity index (χ3v) is 4.89. The number of rotatable bonds is 2. The summed E-state index contributed by atoms with van der Waals surface area (Å²) in [6, 6.07) is 2.09. The van der Waals surface area contributed by atoms with Crippen molar-refractivity contribution in [3.63, 3.8) is 0 Å². The van der Waals surface area contributed by atoms with Crippen molar-refractivity contribution >= 4 is 44.7 Å². The Kier molecular flexibility index (Phi) is 3.28. The molecular weight excluding hydrogens is 310 g/mol. The fraction of sp³-hybridized carbons (Fsp3) is 0.300.